The van der Waals surface area contributed by atoms with Gasteiger partial charge in [-0.2, -0.15) is 0 Å². The Bertz CT molecular complexity index is 819. The number of carbonyl (C=O) groups excluding carboxylic acids is 3. The maximum atomic E-state index is 13.0. The number of hydrogen-bond acceptors (Lipinski definition) is 5. The summed E-state index contributed by atoms with van der Waals surface area (Å²) >= 11 is 7.03. The Balaban J connectivity index is 1.91. The summed E-state index contributed by atoms with van der Waals surface area (Å²) in [5.41, 5.74) is 0.791. The third-order valence-corrected chi connectivity index (χ3v) is 5.96. The number of carbonyl (C=O) groups is 3. The topological polar surface area (TPSA) is 60.4 Å². The summed E-state index contributed by atoms with van der Waals surface area (Å²) in [6.45, 7) is 0. The lowest BCUT2D eigenvalue weighted by molar-refractivity contribution is -0.152. The van der Waals surface area contributed by atoms with Crippen LogP contribution < -0.4 is 0 Å². The summed E-state index contributed by atoms with van der Waals surface area (Å²) < 4.78 is 4.86. The summed E-state index contributed by atoms with van der Waals surface area (Å²) in [5.74, 6) is -2.65. The van der Waals surface area contributed by atoms with E-state index in [9.17, 15) is 14.4 Å². The molecule has 0 radical (unpaired) electrons. The van der Waals surface area contributed by atoms with Crippen molar-refractivity contribution in [3.63, 3.8) is 0 Å². The van der Waals surface area contributed by atoms with Crippen LogP contribution in [0, 0.1) is 5.92 Å². The van der Waals surface area contributed by atoms with Crippen LogP contribution in [0.2, 0.25) is 5.02 Å². The van der Waals surface area contributed by atoms with Crippen molar-refractivity contribution in [3.8, 4) is 0 Å². The first-order valence-electron chi connectivity index (χ1n) is 8.12. The molecule has 0 N–H and O–H groups in total. The van der Waals surface area contributed by atoms with Crippen molar-refractivity contribution in [2.75, 3.05) is 7.11 Å². The molecule has 0 amide bonds. The molecule has 0 spiro atoms. The van der Waals surface area contributed by atoms with Crippen molar-refractivity contribution in [1.29, 1.82) is 0 Å². The molecule has 26 heavy (non-hydrogen) atoms. The second-order valence-electron chi connectivity index (χ2n) is 6.04. The van der Waals surface area contributed by atoms with E-state index in [1.54, 1.807) is 24.3 Å². The van der Waals surface area contributed by atoms with Gasteiger partial charge in [-0.3, -0.25) is 14.4 Å². The van der Waals surface area contributed by atoms with Gasteiger partial charge in [-0.15, -0.1) is 11.8 Å². The van der Waals surface area contributed by atoms with Crippen LogP contribution in [0.4, 0.5) is 0 Å². The number of halogens is 1. The lowest BCUT2D eigenvalue weighted by atomic mass is 9.74. The maximum Gasteiger partial charge on any atom is 0.316 e. The third-order valence-electron chi connectivity index (χ3n) is 4.43. The second kappa shape index (κ2) is 8.06. The number of methoxy groups -OCH3 is 1. The fraction of sp³-hybridized carbons (Fsp3) is 0.250. The van der Waals surface area contributed by atoms with Gasteiger partial charge >= 0.3 is 5.97 Å². The summed E-state index contributed by atoms with van der Waals surface area (Å²) in [6.07, 6.45) is 0.126. The predicted octanol–water partition coefficient (Wildman–Crippen LogP) is 3.92. The van der Waals surface area contributed by atoms with E-state index >= 15 is 0 Å². The van der Waals surface area contributed by atoms with Gasteiger partial charge in [0.25, 0.3) is 0 Å². The van der Waals surface area contributed by atoms with E-state index in [2.05, 4.69) is 0 Å². The predicted molar refractivity (Wildman–Crippen MR) is 100 cm³/mol. The molecule has 1 fully saturated rings. The van der Waals surface area contributed by atoms with Crippen molar-refractivity contribution in [2.45, 2.75) is 22.5 Å². The molecule has 6 heteroatoms. The van der Waals surface area contributed by atoms with E-state index in [4.69, 9.17) is 16.3 Å². The first kappa shape index (κ1) is 18.7. The molecular weight excluding hydrogens is 372 g/mol. The first-order chi connectivity index (χ1) is 12.5. The molecule has 0 aromatic heterocycles. The number of benzene rings is 2. The molecule has 3 atom stereocenters. The Labute approximate surface area is 160 Å². The normalized spacial score (nSPS) is 22.9. The molecule has 134 valence electrons. The van der Waals surface area contributed by atoms with E-state index < -0.39 is 28.8 Å². The number of rotatable bonds is 4. The Morgan fingerprint density at radius 1 is 1.08 bits per heavy atom. The van der Waals surface area contributed by atoms with Crippen molar-refractivity contribution in [2.24, 2.45) is 5.92 Å². The molecule has 2 aromatic rings. The molecule has 0 bridgehead atoms. The zero-order valence-corrected chi connectivity index (χ0v) is 15.6. The highest BCUT2D eigenvalue weighted by atomic mass is 35.5. The van der Waals surface area contributed by atoms with Crippen LogP contribution in [0.1, 0.15) is 17.9 Å². The number of hydrogen-bond donors (Lipinski definition) is 0. The largest absolute Gasteiger partial charge is 0.468 e. The molecule has 3 rings (SSSR count). The molecule has 2 aromatic carbocycles. The van der Waals surface area contributed by atoms with Crippen LogP contribution in [0.25, 0.3) is 0 Å². The van der Waals surface area contributed by atoms with E-state index in [1.165, 1.54) is 7.11 Å². The zero-order valence-electron chi connectivity index (χ0n) is 14.1. The fourth-order valence-corrected chi connectivity index (χ4v) is 4.33. The molecule has 0 unspecified atom stereocenters. The van der Waals surface area contributed by atoms with E-state index in [1.807, 2.05) is 30.3 Å². The average molecular weight is 389 g/mol. The maximum absolute atomic E-state index is 13.0. The molecular formula is C20H17ClO4S. The van der Waals surface area contributed by atoms with E-state index in [0.29, 0.717) is 5.02 Å². The summed E-state index contributed by atoms with van der Waals surface area (Å²) in [4.78, 5) is 38.8. The average Bonchev–Trinajstić information content (AvgIpc) is 2.66. The van der Waals surface area contributed by atoms with E-state index in [0.717, 1.165) is 22.2 Å². The minimum atomic E-state index is -0.982. The molecule has 0 heterocycles. The van der Waals surface area contributed by atoms with Gasteiger partial charge in [0.15, 0.2) is 11.6 Å². The van der Waals surface area contributed by atoms with Gasteiger partial charge in [0.1, 0.15) is 11.2 Å². The summed E-state index contributed by atoms with van der Waals surface area (Å²) in [7, 11) is 1.26. The number of ether oxygens (including phenoxy) is 1. The zero-order chi connectivity index (χ0) is 18.7. The highest BCUT2D eigenvalue weighted by molar-refractivity contribution is 8.01. The highest BCUT2D eigenvalue weighted by Gasteiger charge is 2.48. The van der Waals surface area contributed by atoms with Gasteiger partial charge in [0, 0.05) is 22.3 Å². The molecule has 1 aliphatic rings. The Kier molecular flexibility index (Phi) is 5.79. The van der Waals surface area contributed by atoms with Crippen molar-refractivity contribution in [1.82, 2.24) is 0 Å². The van der Waals surface area contributed by atoms with Crippen LogP contribution >= 0.6 is 23.4 Å². The molecule has 1 saturated carbocycles. The monoisotopic (exact) mass is 388 g/mol. The van der Waals surface area contributed by atoms with Gasteiger partial charge in [0.2, 0.25) is 0 Å². The van der Waals surface area contributed by atoms with Crippen molar-refractivity contribution < 1.29 is 19.1 Å². The minimum Gasteiger partial charge on any atom is -0.468 e. The highest BCUT2D eigenvalue weighted by Crippen LogP contribution is 2.40. The summed E-state index contributed by atoms with van der Waals surface area (Å²) in [6, 6.07) is 16.1. The first-order valence-corrected chi connectivity index (χ1v) is 9.38. The van der Waals surface area contributed by atoms with Gasteiger partial charge in [0.05, 0.1) is 7.11 Å². The second-order valence-corrected chi connectivity index (χ2v) is 7.66. The van der Waals surface area contributed by atoms with E-state index in [-0.39, 0.29) is 12.2 Å². The van der Waals surface area contributed by atoms with Crippen LogP contribution in [0.15, 0.2) is 59.5 Å². The standard InChI is InChI=1S/C20H17ClO4S/c1-25-20(24)17-15(12-5-3-2-4-6-12)11-16(22)19(18(17)23)26-14-9-7-13(21)8-10-14/h2-10,15,17,19H,11H2,1H3/t15-,17+,19-/m0/s1. The lowest BCUT2D eigenvalue weighted by Crippen LogP contribution is -2.46. The van der Waals surface area contributed by atoms with Crippen molar-refractivity contribution in [3.05, 3.63) is 65.2 Å². The minimum absolute atomic E-state index is 0.126. The molecule has 4 nitrogen and oxygen atoms in total. The number of ketones is 2. The lowest BCUT2D eigenvalue weighted by Gasteiger charge is -2.32. The van der Waals surface area contributed by atoms with Gasteiger partial charge < -0.3 is 4.74 Å². The smallest absolute Gasteiger partial charge is 0.316 e. The van der Waals surface area contributed by atoms with Gasteiger partial charge in [-0.1, -0.05) is 41.9 Å². The molecule has 0 saturated heterocycles. The SMILES string of the molecule is COC(=O)[C@H]1C(=O)[C@@H](Sc2ccc(Cl)cc2)C(=O)C[C@H]1c1ccccc1. The Morgan fingerprint density at radius 2 is 1.73 bits per heavy atom. The third kappa shape index (κ3) is 3.84. The van der Waals surface area contributed by atoms with Crippen LogP contribution in [0.5, 0.6) is 0 Å². The van der Waals surface area contributed by atoms with Crippen molar-refractivity contribution >= 4 is 40.9 Å². The van der Waals surface area contributed by atoms with Crippen LogP contribution in [0.3, 0.4) is 0 Å². The molecule has 0 aliphatic heterocycles. The quantitative estimate of drug-likeness (QED) is 0.587. The van der Waals surface area contributed by atoms with Crippen LogP contribution in [-0.4, -0.2) is 29.9 Å². The van der Waals surface area contributed by atoms with Gasteiger partial charge in [-0.05, 0) is 29.8 Å². The molecule has 1 aliphatic carbocycles. The number of esters is 1. The number of thioether (sulfide) groups is 1. The summed E-state index contributed by atoms with van der Waals surface area (Å²) in [5, 5.41) is -0.340. The van der Waals surface area contributed by atoms with Crippen LogP contribution in [-0.2, 0) is 19.1 Å². The van der Waals surface area contributed by atoms with Gasteiger partial charge in [-0.25, -0.2) is 0 Å². The number of Topliss-reactive ketones (excluding diaryl/α,β-unsaturated/α-hetero) is 2. The Morgan fingerprint density at radius 3 is 2.35 bits per heavy atom. The fourth-order valence-electron chi connectivity index (χ4n) is 3.15. The Hall–Kier alpha value is -2.11.